The average Bonchev–Trinajstić information content (AvgIpc) is 3.27. The normalized spacial score (nSPS) is 17.2. The number of benzene rings is 2. The number of carbonyl (C=O) groups excluding carboxylic acids is 2. The molecular formula is C23H16FN3O5. The van der Waals surface area contributed by atoms with Gasteiger partial charge < -0.3 is 15.0 Å². The Balaban J connectivity index is 1.90. The lowest BCUT2D eigenvalue weighted by atomic mass is 9.84. The van der Waals surface area contributed by atoms with Crippen LogP contribution in [0.15, 0.2) is 48.5 Å². The van der Waals surface area contributed by atoms with E-state index in [0.717, 1.165) is 0 Å². The predicted molar refractivity (Wildman–Crippen MR) is 115 cm³/mol. The van der Waals surface area contributed by atoms with Gasteiger partial charge in [0.25, 0.3) is 0 Å². The summed E-state index contributed by atoms with van der Waals surface area (Å²) in [5.41, 5.74) is -0.202. The van der Waals surface area contributed by atoms with Crippen LogP contribution in [0.25, 0.3) is 22.6 Å². The van der Waals surface area contributed by atoms with E-state index >= 15 is 0 Å². The Hall–Kier alpha value is -4.27. The van der Waals surface area contributed by atoms with Crippen molar-refractivity contribution >= 4 is 34.4 Å². The van der Waals surface area contributed by atoms with Gasteiger partial charge >= 0.3 is 5.69 Å². The van der Waals surface area contributed by atoms with Gasteiger partial charge in [0, 0.05) is 23.7 Å². The smallest absolute Gasteiger partial charge is 0.319 e. The Kier molecular flexibility index (Phi) is 4.23. The minimum atomic E-state index is -1.04. The van der Waals surface area contributed by atoms with Crippen LogP contribution in [0.2, 0.25) is 0 Å². The molecule has 1 atom stereocenters. The van der Waals surface area contributed by atoms with Crippen LogP contribution in [-0.4, -0.2) is 32.2 Å². The third-order valence-electron chi connectivity index (χ3n) is 5.72. The number of fused-ring (bicyclic) bond motifs is 2. The minimum Gasteiger partial charge on any atom is -0.506 e. The molecule has 1 aromatic heterocycles. The standard InChI is InChI=1S/C23H16FN3O5/c1-11-10-26-18(12-6-8-13(24)9-7-12)16(19(27(31)32)23(26)25-11)17-20(28)14-4-2-3-5-15(14)21(29)22(17)30/h2-9,11,25,28H,10H2,1H3. The van der Waals surface area contributed by atoms with Crippen LogP contribution in [0.1, 0.15) is 28.4 Å². The Morgan fingerprint density at radius 2 is 1.75 bits per heavy atom. The number of anilines is 1. The van der Waals surface area contributed by atoms with Gasteiger partial charge in [0.15, 0.2) is 5.82 Å². The second-order valence-electron chi connectivity index (χ2n) is 7.77. The lowest BCUT2D eigenvalue weighted by molar-refractivity contribution is -0.384. The largest absolute Gasteiger partial charge is 0.506 e. The van der Waals surface area contributed by atoms with E-state index in [4.69, 9.17) is 0 Å². The molecule has 0 radical (unpaired) electrons. The van der Waals surface area contributed by atoms with Gasteiger partial charge in [0.05, 0.1) is 21.8 Å². The van der Waals surface area contributed by atoms with Crippen molar-refractivity contribution < 1.29 is 24.0 Å². The van der Waals surface area contributed by atoms with Crippen LogP contribution in [-0.2, 0) is 11.3 Å². The quantitative estimate of drug-likeness (QED) is 0.363. The maximum atomic E-state index is 13.6. The predicted octanol–water partition coefficient (Wildman–Crippen LogP) is 4.21. The summed E-state index contributed by atoms with van der Waals surface area (Å²) in [5.74, 6) is -2.74. The van der Waals surface area contributed by atoms with Crippen molar-refractivity contribution in [3.8, 4) is 11.3 Å². The molecule has 0 amide bonds. The van der Waals surface area contributed by atoms with Gasteiger partial charge in [-0.1, -0.05) is 24.3 Å². The highest BCUT2D eigenvalue weighted by Gasteiger charge is 2.44. The van der Waals surface area contributed by atoms with Gasteiger partial charge in [-0.2, -0.15) is 0 Å². The Bertz CT molecular complexity index is 1370. The third kappa shape index (κ3) is 2.67. The molecule has 2 N–H and O–H groups in total. The number of carbonyl (C=O) groups is 2. The number of hydrogen-bond acceptors (Lipinski definition) is 6. The molecule has 0 fully saturated rings. The van der Waals surface area contributed by atoms with E-state index in [1.54, 1.807) is 16.7 Å². The third-order valence-corrected chi connectivity index (χ3v) is 5.72. The number of aromatic nitrogens is 1. The fourth-order valence-electron chi connectivity index (χ4n) is 4.41. The summed E-state index contributed by atoms with van der Waals surface area (Å²) >= 11 is 0. The van der Waals surface area contributed by atoms with E-state index < -0.39 is 39.3 Å². The van der Waals surface area contributed by atoms with Gasteiger partial charge in [0.2, 0.25) is 11.6 Å². The Morgan fingerprint density at radius 1 is 1.09 bits per heavy atom. The van der Waals surface area contributed by atoms with Crippen LogP contribution in [0.3, 0.4) is 0 Å². The van der Waals surface area contributed by atoms with Crippen LogP contribution >= 0.6 is 0 Å². The van der Waals surface area contributed by atoms with Gasteiger partial charge in [-0.25, -0.2) is 4.39 Å². The average molecular weight is 433 g/mol. The number of hydrogen-bond donors (Lipinski definition) is 2. The molecule has 8 nitrogen and oxygen atoms in total. The van der Waals surface area contributed by atoms with Crippen LogP contribution in [0, 0.1) is 15.9 Å². The number of aliphatic hydroxyl groups is 1. The monoisotopic (exact) mass is 433 g/mol. The molecule has 0 bridgehead atoms. The van der Waals surface area contributed by atoms with Crippen LogP contribution in [0.4, 0.5) is 15.9 Å². The molecule has 2 aromatic carbocycles. The van der Waals surface area contributed by atoms with E-state index in [0.29, 0.717) is 12.1 Å². The molecular weight excluding hydrogens is 417 g/mol. The van der Waals surface area contributed by atoms with E-state index in [9.17, 15) is 29.2 Å². The molecule has 0 spiro atoms. The zero-order chi connectivity index (χ0) is 22.7. The first-order chi connectivity index (χ1) is 15.3. The minimum absolute atomic E-state index is 0.0308. The van der Waals surface area contributed by atoms with E-state index in [1.807, 2.05) is 6.92 Å². The number of aliphatic hydroxyl groups excluding tert-OH is 1. The van der Waals surface area contributed by atoms with Gasteiger partial charge in [-0.3, -0.25) is 19.7 Å². The lowest BCUT2D eigenvalue weighted by Crippen LogP contribution is -2.24. The number of Topliss-reactive ketones (excluding diaryl/α,β-unsaturated/α-hetero) is 2. The van der Waals surface area contributed by atoms with Gasteiger partial charge in [-0.15, -0.1) is 0 Å². The maximum absolute atomic E-state index is 13.6. The summed E-state index contributed by atoms with van der Waals surface area (Å²) in [6.07, 6.45) is 0. The molecule has 2 heterocycles. The highest BCUT2D eigenvalue weighted by molar-refractivity contribution is 6.62. The SMILES string of the molecule is CC1Cn2c(c([N+](=O)[O-])c(C3=C(O)c4ccccc4C(=O)C3=O)c2-c2ccc(F)cc2)N1. The molecule has 160 valence electrons. The van der Waals surface area contributed by atoms with E-state index in [2.05, 4.69) is 5.32 Å². The first-order valence-electron chi connectivity index (χ1n) is 9.85. The van der Waals surface area contributed by atoms with Crippen molar-refractivity contribution in [2.24, 2.45) is 0 Å². The first kappa shape index (κ1) is 19.7. The van der Waals surface area contributed by atoms with Crippen molar-refractivity contribution in [3.63, 3.8) is 0 Å². The molecule has 0 saturated carbocycles. The van der Waals surface area contributed by atoms with E-state index in [-0.39, 0.29) is 34.2 Å². The van der Waals surface area contributed by atoms with Crippen molar-refractivity contribution in [2.45, 2.75) is 19.5 Å². The zero-order valence-corrected chi connectivity index (χ0v) is 16.8. The lowest BCUT2D eigenvalue weighted by Gasteiger charge is -2.19. The van der Waals surface area contributed by atoms with Crippen LogP contribution in [0.5, 0.6) is 0 Å². The van der Waals surface area contributed by atoms with E-state index in [1.165, 1.54) is 36.4 Å². The van der Waals surface area contributed by atoms with Gasteiger partial charge in [-0.05, 0) is 36.8 Å². The molecule has 2 aliphatic rings. The fraction of sp³-hybridized carbons (Fsp3) is 0.130. The second-order valence-corrected chi connectivity index (χ2v) is 7.77. The number of rotatable bonds is 3. The topological polar surface area (TPSA) is 114 Å². The molecule has 9 heteroatoms. The summed E-state index contributed by atoms with van der Waals surface area (Å²) < 4.78 is 15.2. The molecule has 32 heavy (non-hydrogen) atoms. The Morgan fingerprint density at radius 3 is 2.41 bits per heavy atom. The highest BCUT2D eigenvalue weighted by Crippen LogP contribution is 2.49. The fourth-order valence-corrected chi connectivity index (χ4v) is 4.41. The van der Waals surface area contributed by atoms with Crippen molar-refractivity contribution in [1.82, 2.24) is 4.57 Å². The summed E-state index contributed by atoms with van der Waals surface area (Å²) in [6.45, 7) is 2.18. The number of nitrogens with one attached hydrogen (secondary N) is 1. The number of nitro groups is 1. The zero-order valence-electron chi connectivity index (χ0n) is 16.8. The van der Waals surface area contributed by atoms with Crippen LogP contribution < -0.4 is 5.32 Å². The highest BCUT2D eigenvalue weighted by atomic mass is 19.1. The van der Waals surface area contributed by atoms with Crippen molar-refractivity contribution in [2.75, 3.05) is 5.32 Å². The van der Waals surface area contributed by atoms with Crippen molar-refractivity contribution in [3.05, 3.63) is 81.2 Å². The number of halogens is 1. The molecule has 1 unspecified atom stereocenters. The second kappa shape index (κ2) is 6.88. The molecule has 1 aliphatic carbocycles. The molecule has 1 aliphatic heterocycles. The molecule has 3 aromatic rings. The van der Waals surface area contributed by atoms with Gasteiger partial charge in [0.1, 0.15) is 11.6 Å². The number of allylic oxidation sites excluding steroid dienone is 1. The summed E-state index contributed by atoms with van der Waals surface area (Å²) in [6, 6.07) is 11.2. The summed E-state index contributed by atoms with van der Waals surface area (Å²) in [4.78, 5) is 37.5. The number of nitrogens with zero attached hydrogens (tertiary/aromatic N) is 2. The summed E-state index contributed by atoms with van der Waals surface area (Å²) in [5, 5.41) is 26.2. The maximum Gasteiger partial charge on any atom is 0.319 e. The summed E-state index contributed by atoms with van der Waals surface area (Å²) in [7, 11) is 0. The Labute approximate surface area is 180 Å². The molecule has 5 rings (SSSR count). The first-order valence-corrected chi connectivity index (χ1v) is 9.85. The number of ketones is 2. The molecule has 0 saturated heterocycles. The van der Waals surface area contributed by atoms with Crippen molar-refractivity contribution in [1.29, 1.82) is 0 Å².